The summed E-state index contributed by atoms with van der Waals surface area (Å²) in [5, 5.41) is 9.25. The van der Waals surface area contributed by atoms with Gasteiger partial charge in [0.25, 0.3) is 0 Å². The van der Waals surface area contributed by atoms with Crippen molar-refractivity contribution < 1.29 is 19.4 Å². The molecule has 1 N–H and O–H groups in total. The first-order valence-corrected chi connectivity index (χ1v) is 9.93. The molecular formula is C25H22N2O4. The third-order valence-corrected chi connectivity index (χ3v) is 4.86. The number of imidazole rings is 1. The summed E-state index contributed by atoms with van der Waals surface area (Å²) in [5.41, 5.74) is 3.07. The second-order valence-corrected chi connectivity index (χ2v) is 6.96. The minimum Gasteiger partial charge on any atom is -0.493 e. The van der Waals surface area contributed by atoms with Crippen LogP contribution in [0.25, 0.3) is 5.69 Å². The molecule has 4 rings (SSSR count). The Morgan fingerprint density at radius 2 is 1.61 bits per heavy atom. The summed E-state index contributed by atoms with van der Waals surface area (Å²) in [4.78, 5) is 15.3. The van der Waals surface area contributed by atoms with Gasteiger partial charge in [0.05, 0.1) is 18.5 Å². The van der Waals surface area contributed by atoms with E-state index in [1.54, 1.807) is 36.8 Å². The van der Waals surface area contributed by atoms with Crippen LogP contribution >= 0.6 is 0 Å². The zero-order chi connectivity index (χ0) is 21.5. The highest BCUT2D eigenvalue weighted by molar-refractivity contribution is 5.89. The SMILES string of the molecule is O=C(O)c1ccccc1COc1ccc(CCOc2ccc(-n3ccnc3)cc2)cc1. The number of aromatic nitrogens is 2. The van der Waals surface area contributed by atoms with Crippen molar-refractivity contribution in [2.75, 3.05) is 6.61 Å². The van der Waals surface area contributed by atoms with Gasteiger partial charge in [0.2, 0.25) is 0 Å². The van der Waals surface area contributed by atoms with Crippen molar-refractivity contribution in [3.63, 3.8) is 0 Å². The summed E-state index contributed by atoms with van der Waals surface area (Å²) in [6.45, 7) is 0.774. The van der Waals surface area contributed by atoms with Gasteiger partial charge in [-0.1, -0.05) is 30.3 Å². The zero-order valence-corrected chi connectivity index (χ0v) is 16.8. The average Bonchev–Trinajstić information content (AvgIpc) is 3.34. The molecule has 31 heavy (non-hydrogen) atoms. The summed E-state index contributed by atoms with van der Waals surface area (Å²) in [5.74, 6) is 0.562. The molecule has 0 aliphatic carbocycles. The van der Waals surface area contributed by atoms with Gasteiger partial charge in [0.1, 0.15) is 18.1 Å². The van der Waals surface area contributed by atoms with E-state index in [9.17, 15) is 9.90 Å². The number of nitrogens with zero attached hydrogens (tertiary/aromatic N) is 2. The first-order chi connectivity index (χ1) is 15.2. The lowest BCUT2D eigenvalue weighted by molar-refractivity contribution is 0.0694. The molecule has 0 saturated heterocycles. The van der Waals surface area contributed by atoms with E-state index >= 15 is 0 Å². The maximum Gasteiger partial charge on any atom is 0.336 e. The molecule has 6 nitrogen and oxygen atoms in total. The lowest BCUT2D eigenvalue weighted by atomic mass is 10.1. The van der Waals surface area contributed by atoms with E-state index in [4.69, 9.17) is 9.47 Å². The monoisotopic (exact) mass is 414 g/mol. The van der Waals surface area contributed by atoms with E-state index in [0.29, 0.717) is 17.9 Å². The Morgan fingerprint density at radius 3 is 2.32 bits per heavy atom. The van der Waals surface area contributed by atoms with Gasteiger partial charge in [0.15, 0.2) is 0 Å². The van der Waals surface area contributed by atoms with E-state index in [1.807, 2.05) is 59.3 Å². The second-order valence-electron chi connectivity index (χ2n) is 6.96. The predicted octanol–water partition coefficient (Wildman–Crippen LogP) is 4.77. The number of carboxylic acids is 1. The lowest BCUT2D eigenvalue weighted by Gasteiger charge is -2.10. The Morgan fingerprint density at radius 1 is 0.903 bits per heavy atom. The van der Waals surface area contributed by atoms with Crippen molar-refractivity contribution >= 4 is 5.97 Å². The molecule has 0 spiro atoms. The molecule has 0 aliphatic rings. The highest BCUT2D eigenvalue weighted by atomic mass is 16.5. The zero-order valence-electron chi connectivity index (χ0n) is 16.8. The van der Waals surface area contributed by atoms with Crippen LogP contribution in [0.3, 0.4) is 0 Å². The fourth-order valence-electron chi connectivity index (χ4n) is 3.18. The highest BCUT2D eigenvalue weighted by Crippen LogP contribution is 2.18. The van der Waals surface area contributed by atoms with Crippen LogP contribution in [0.4, 0.5) is 0 Å². The summed E-state index contributed by atoms with van der Waals surface area (Å²) in [6.07, 6.45) is 6.17. The molecule has 0 amide bonds. The maximum absolute atomic E-state index is 11.3. The summed E-state index contributed by atoms with van der Waals surface area (Å²) >= 11 is 0. The molecule has 0 fully saturated rings. The van der Waals surface area contributed by atoms with Gasteiger partial charge in [-0.05, 0) is 48.0 Å². The third-order valence-electron chi connectivity index (χ3n) is 4.86. The van der Waals surface area contributed by atoms with Gasteiger partial charge >= 0.3 is 5.97 Å². The molecule has 0 bridgehead atoms. The number of hydrogen-bond donors (Lipinski definition) is 1. The van der Waals surface area contributed by atoms with Crippen LogP contribution in [0.5, 0.6) is 11.5 Å². The predicted molar refractivity (Wildman–Crippen MR) is 117 cm³/mol. The Bertz CT molecular complexity index is 1120. The molecule has 0 aliphatic heterocycles. The van der Waals surface area contributed by atoms with Gasteiger partial charge in [-0.3, -0.25) is 0 Å². The van der Waals surface area contributed by atoms with Crippen molar-refractivity contribution in [3.05, 3.63) is 108 Å². The van der Waals surface area contributed by atoms with Crippen LogP contribution in [0, 0.1) is 0 Å². The molecule has 0 radical (unpaired) electrons. The maximum atomic E-state index is 11.3. The van der Waals surface area contributed by atoms with Crippen LogP contribution in [0.15, 0.2) is 91.5 Å². The van der Waals surface area contributed by atoms with Crippen LogP contribution in [0.2, 0.25) is 0 Å². The number of rotatable bonds is 9. The highest BCUT2D eigenvalue weighted by Gasteiger charge is 2.09. The van der Waals surface area contributed by atoms with E-state index in [1.165, 1.54) is 0 Å². The molecule has 1 heterocycles. The number of hydrogen-bond acceptors (Lipinski definition) is 4. The largest absolute Gasteiger partial charge is 0.493 e. The van der Waals surface area contributed by atoms with Crippen molar-refractivity contribution in [3.8, 4) is 17.2 Å². The summed E-state index contributed by atoms with van der Waals surface area (Å²) in [6, 6.07) is 22.5. The van der Waals surface area contributed by atoms with Gasteiger partial charge in [-0.2, -0.15) is 0 Å². The lowest BCUT2D eigenvalue weighted by Crippen LogP contribution is -2.05. The van der Waals surface area contributed by atoms with E-state index in [0.717, 1.165) is 23.4 Å². The molecule has 3 aromatic carbocycles. The molecule has 1 aromatic heterocycles. The quantitative estimate of drug-likeness (QED) is 0.427. The van der Waals surface area contributed by atoms with Crippen LogP contribution in [-0.4, -0.2) is 27.2 Å². The van der Waals surface area contributed by atoms with Crippen molar-refractivity contribution in [2.24, 2.45) is 0 Å². The normalized spacial score (nSPS) is 10.6. The van der Waals surface area contributed by atoms with Gasteiger partial charge < -0.3 is 19.1 Å². The van der Waals surface area contributed by atoms with Gasteiger partial charge in [0, 0.05) is 30.1 Å². The smallest absolute Gasteiger partial charge is 0.336 e. The Hall–Kier alpha value is -4.06. The second kappa shape index (κ2) is 9.63. The first-order valence-electron chi connectivity index (χ1n) is 9.93. The Labute approximate surface area is 180 Å². The molecule has 6 heteroatoms. The first kappa shape index (κ1) is 20.2. The minimum absolute atomic E-state index is 0.208. The number of carbonyl (C=O) groups is 1. The number of benzene rings is 3. The topological polar surface area (TPSA) is 73.6 Å². The molecular weight excluding hydrogens is 392 g/mol. The fourth-order valence-corrected chi connectivity index (χ4v) is 3.18. The third kappa shape index (κ3) is 5.30. The van der Waals surface area contributed by atoms with Crippen LogP contribution in [0.1, 0.15) is 21.5 Å². The molecule has 156 valence electrons. The van der Waals surface area contributed by atoms with Crippen LogP contribution in [-0.2, 0) is 13.0 Å². The van der Waals surface area contributed by atoms with E-state index < -0.39 is 5.97 Å². The van der Waals surface area contributed by atoms with Crippen molar-refractivity contribution in [2.45, 2.75) is 13.0 Å². The molecule has 0 atom stereocenters. The summed E-state index contributed by atoms with van der Waals surface area (Å²) in [7, 11) is 0. The number of ether oxygens (including phenoxy) is 2. The van der Waals surface area contributed by atoms with Crippen LogP contribution < -0.4 is 9.47 Å². The fraction of sp³-hybridized carbons (Fsp3) is 0.120. The Balaban J connectivity index is 1.26. The minimum atomic E-state index is -0.953. The van der Waals surface area contributed by atoms with E-state index in [-0.39, 0.29) is 12.2 Å². The number of carboxylic acid groups (broad SMARTS) is 1. The number of aromatic carboxylic acids is 1. The van der Waals surface area contributed by atoms with Crippen molar-refractivity contribution in [1.82, 2.24) is 9.55 Å². The summed E-state index contributed by atoms with van der Waals surface area (Å²) < 4.78 is 13.5. The van der Waals surface area contributed by atoms with E-state index in [2.05, 4.69) is 4.98 Å². The van der Waals surface area contributed by atoms with Crippen molar-refractivity contribution in [1.29, 1.82) is 0 Å². The van der Waals surface area contributed by atoms with Gasteiger partial charge in [-0.25, -0.2) is 9.78 Å². The Kier molecular flexibility index (Phi) is 6.28. The molecule has 0 unspecified atom stereocenters. The standard InChI is InChI=1S/C25H22N2O4/c28-25(29)24-4-2-1-3-20(24)17-31-23-9-5-19(6-10-23)13-16-30-22-11-7-21(8-12-22)27-15-14-26-18-27/h1-12,14-15,18H,13,16-17H2,(H,28,29). The molecule has 0 saturated carbocycles. The average molecular weight is 414 g/mol. The molecule has 4 aromatic rings. The van der Waals surface area contributed by atoms with Gasteiger partial charge in [-0.15, -0.1) is 0 Å².